The van der Waals surface area contributed by atoms with Crippen LogP contribution in [0.2, 0.25) is 0 Å². The predicted octanol–water partition coefficient (Wildman–Crippen LogP) is 1.85. The van der Waals surface area contributed by atoms with E-state index in [0.717, 1.165) is 56.6 Å². The van der Waals surface area contributed by atoms with E-state index in [1.165, 1.54) is 5.56 Å². The Bertz CT molecular complexity index is 859. The summed E-state index contributed by atoms with van der Waals surface area (Å²) < 4.78 is 0. The van der Waals surface area contributed by atoms with E-state index in [9.17, 15) is 4.79 Å². The molecule has 2 fully saturated rings. The number of nitrogen functional groups attached to an aromatic ring is 1. The van der Waals surface area contributed by atoms with Gasteiger partial charge < -0.3 is 10.6 Å². The minimum Gasteiger partial charge on any atom is -0.368 e. The van der Waals surface area contributed by atoms with E-state index < -0.39 is 0 Å². The number of fused-ring (bicyclic) bond motifs is 2. The number of aryl methyl sites for hydroxylation is 1. The molecule has 0 bridgehead atoms. The van der Waals surface area contributed by atoms with Gasteiger partial charge in [-0.15, -0.1) is 0 Å². The summed E-state index contributed by atoms with van der Waals surface area (Å²) in [6.07, 6.45) is 11.5. The largest absolute Gasteiger partial charge is 0.368 e. The molecule has 3 aliphatic rings. The second kappa shape index (κ2) is 5.72. The third kappa shape index (κ3) is 2.53. The topological polar surface area (TPSA) is 97.9 Å². The third-order valence-corrected chi connectivity index (χ3v) is 5.98. The number of anilines is 1. The average Bonchev–Trinajstić information content (AvgIpc) is 3.47. The van der Waals surface area contributed by atoms with Gasteiger partial charge in [-0.2, -0.15) is 0 Å². The van der Waals surface area contributed by atoms with Crippen LogP contribution in [-0.2, 0) is 11.8 Å². The first-order valence-electron chi connectivity index (χ1n) is 9.38. The number of piperidine rings is 1. The standard InChI is InChI=1S/C19H22N6O/c20-18-23-8-13-4-6-19(15(13)24-18)5-1-7-25(11-19)17(26)14-9-21-16(22-10-14)12-2-3-12/h8-10,12H,1-7,11H2,(H2,20,23,24). The van der Waals surface area contributed by atoms with Crippen LogP contribution >= 0.6 is 0 Å². The first-order valence-corrected chi connectivity index (χ1v) is 9.38. The monoisotopic (exact) mass is 350 g/mol. The maximum Gasteiger partial charge on any atom is 0.257 e. The summed E-state index contributed by atoms with van der Waals surface area (Å²) in [5.41, 5.74) is 8.53. The second-order valence-corrected chi connectivity index (χ2v) is 7.82. The van der Waals surface area contributed by atoms with E-state index in [2.05, 4.69) is 19.9 Å². The molecule has 3 heterocycles. The van der Waals surface area contributed by atoms with Crippen molar-refractivity contribution in [2.24, 2.45) is 0 Å². The van der Waals surface area contributed by atoms with Crippen molar-refractivity contribution < 1.29 is 4.79 Å². The number of likely N-dealkylation sites (tertiary alicyclic amines) is 1. The van der Waals surface area contributed by atoms with E-state index in [1.54, 1.807) is 12.4 Å². The number of hydrogen-bond acceptors (Lipinski definition) is 6. The highest BCUT2D eigenvalue weighted by Gasteiger charge is 2.44. The summed E-state index contributed by atoms with van der Waals surface area (Å²) in [5, 5.41) is 0. The minimum absolute atomic E-state index is 0.0156. The molecule has 2 aromatic heterocycles. The van der Waals surface area contributed by atoms with Crippen LogP contribution in [0.15, 0.2) is 18.6 Å². The summed E-state index contributed by atoms with van der Waals surface area (Å²) >= 11 is 0. The zero-order chi connectivity index (χ0) is 17.7. The molecule has 1 saturated carbocycles. The molecule has 2 aliphatic carbocycles. The lowest BCUT2D eigenvalue weighted by Gasteiger charge is -2.40. The van der Waals surface area contributed by atoms with Gasteiger partial charge in [-0.25, -0.2) is 19.9 Å². The first kappa shape index (κ1) is 15.7. The zero-order valence-electron chi connectivity index (χ0n) is 14.7. The molecule has 7 nitrogen and oxygen atoms in total. The maximum atomic E-state index is 13.0. The van der Waals surface area contributed by atoms with Crippen LogP contribution in [0.4, 0.5) is 5.95 Å². The van der Waals surface area contributed by atoms with Crippen molar-refractivity contribution in [3.63, 3.8) is 0 Å². The predicted molar refractivity (Wildman–Crippen MR) is 95.6 cm³/mol. The SMILES string of the molecule is Nc1ncc2c(n1)C1(CCCN(C(=O)c3cnc(C4CC4)nc3)C1)CC2. The van der Waals surface area contributed by atoms with Crippen LogP contribution in [0.1, 0.15) is 65.5 Å². The smallest absolute Gasteiger partial charge is 0.257 e. The van der Waals surface area contributed by atoms with E-state index in [1.807, 2.05) is 11.1 Å². The van der Waals surface area contributed by atoms with Gasteiger partial charge in [0.15, 0.2) is 0 Å². The van der Waals surface area contributed by atoms with E-state index in [-0.39, 0.29) is 11.3 Å². The summed E-state index contributed by atoms with van der Waals surface area (Å²) in [6.45, 7) is 1.44. The molecule has 2 aromatic rings. The Hall–Kier alpha value is -2.57. The number of aromatic nitrogens is 4. The highest BCUT2D eigenvalue weighted by atomic mass is 16.2. The molecule has 0 radical (unpaired) electrons. The van der Waals surface area contributed by atoms with Crippen molar-refractivity contribution in [2.75, 3.05) is 18.8 Å². The molecule has 1 atom stereocenters. The molecule has 1 amide bonds. The van der Waals surface area contributed by atoms with Crippen LogP contribution in [-0.4, -0.2) is 43.8 Å². The van der Waals surface area contributed by atoms with Crippen molar-refractivity contribution in [2.45, 2.75) is 49.9 Å². The number of rotatable bonds is 2. The third-order valence-electron chi connectivity index (χ3n) is 5.98. The fraction of sp³-hybridized carbons (Fsp3) is 0.526. The number of carbonyl (C=O) groups excluding carboxylic acids is 1. The quantitative estimate of drug-likeness (QED) is 0.887. The molecular weight excluding hydrogens is 328 g/mol. The van der Waals surface area contributed by atoms with Gasteiger partial charge in [0.05, 0.1) is 11.3 Å². The van der Waals surface area contributed by atoms with Gasteiger partial charge in [0.25, 0.3) is 5.91 Å². The Morgan fingerprint density at radius 3 is 2.73 bits per heavy atom. The van der Waals surface area contributed by atoms with Crippen molar-refractivity contribution in [1.82, 2.24) is 24.8 Å². The second-order valence-electron chi connectivity index (χ2n) is 7.82. The highest BCUT2D eigenvalue weighted by molar-refractivity contribution is 5.93. The normalized spacial score (nSPS) is 24.7. The van der Waals surface area contributed by atoms with Crippen molar-refractivity contribution in [3.8, 4) is 0 Å². The fourth-order valence-corrected chi connectivity index (χ4v) is 4.44. The molecule has 2 N–H and O–H groups in total. The van der Waals surface area contributed by atoms with Gasteiger partial charge in [0.1, 0.15) is 5.82 Å². The molecular formula is C19H22N6O. The molecule has 1 unspecified atom stereocenters. The van der Waals surface area contributed by atoms with E-state index >= 15 is 0 Å². The zero-order valence-corrected chi connectivity index (χ0v) is 14.7. The molecule has 5 rings (SSSR count). The van der Waals surface area contributed by atoms with Crippen molar-refractivity contribution in [1.29, 1.82) is 0 Å². The Balaban J connectivity index is 1.39. The Kier molecular flexibility index (Phi) is 3.45. The van der Waals surface area contributed by atoms with Gasteiger partial charge in [0, 0.05) is 43.0 Å². The molecule has 26 heavy (non-hydrogen) atoms. The van der Waals surface area contributed by atoms with Gasteiger partial charge in [-0.05, 0) is 44.1 Å². The van der Waals surface area contributed by atoms with Crippen LogP contribution in [0.5, 0.6) is 0 Å². The molecule has 7 heteroatoms. The molecule has 134 valence electrons. The summed E-state index contributed by atoms with van der Waals surface area (Å²) in [5.74, 6) is 1.70. The number of hydrogen-bond donors (Lipinski definition) is 1. The Morgan fingerprint density at radius 2 is 1.96 bits per heavy atom. The maximum absolute atomic E-state index is 13.0. The summed E-state index contributed by atoms with van der Waals surface area (Å²) in [7, 11) is 0. The number of carbonyl (C=O) groups is 1. The number of nitrogens with zero attached hydrogens (tertiary/aromatic N) is 5. The lowest BCUT2D eigenvalue weighted by atomic mass is 9.77. The van der Waals surface area contributed by atoms with Gasteiger partial charge >= 0.3 is 0 Å². The Labute approximate surface area is 152 Å². The van der Waals surface area contributed by atoms with E-state index in [0.29, 0.717) is 24.0 Å². The molecule has 1 saturated heterocycles. The van der Waals surface area contributed by atoms with E-state index in [4.69, 9.17) is 5.73 Å². The van der Waals surface area contributed by atoms with Crippen LogP contribution in [0.25, 0.3) is 0 Å². The summed E-state index contributed by atoms with van der Waals surface area (Å²) in [6, 6.07) is 0. The summed E-state index contributed by atoms with van der Waals surface area (Å²) in [4.78, 5) is 32.4. The lowest BCUT2D eigenvalue weighted by Crippen LogP contribution is -2.48. The first-order chi connectivity index (χ1) is 12.6. The molecule has 1 aliphatic heterocycles. The molecule has 1 spiro atoms. The van der Waals surface area contributed by atoms with Crippen molar-refractivity contribution in [3.05, 3.63) is 41.2 Å². The van der Waals surface area contributed by atoms with Crippen molar-refractivity contribution >= 4 is 11.9 Å². The van der Waals surface area contributed by atoms with Gasteiger partial charge in [-0.1, -0.05) is 0 Å². The fourth-order valence-electron chi connectivity index (χ4n) is 4.44. The highest BCUT2D eigenvalue weighted by Crippen LogP contribution is 2.44. The van der Waals surface area contributed by atoms with Crippen LogP contribution in [0, 0.1) is 0 Å². The molecule has 0 aromatic carbocycles. The Morgan fingerprint density at radius 1 is 1.15 bits per heavy atom. The van der Waals surface area contributed by atoms with Gasteiger partial charge in [0.2, 0.25) is 5.95 Å². The van der Waals surface area contributed by atoms with Crippen LogP contribution < -0.4 is 5.73 Å². The number of amides is 1. The average molecular weight is 350 g/mol. The minimum atomic E-state index is -0.0882. The lowest BCUT2D eigenvalue weighted by molar-refractivity contribution is 0.0632. The number of nitrogens with two attached hydrogens (primary N) is 1. The van der Waals surface area contributed by atoms with Crippen LogP contribution in [0.3, 0.4) is 0 Å². The van der Waals surface area contributed by atoms with Gasteiger partial charge in [-0.3, -0.25) is 4.79 Å².